The number of rotatable bonds is 4. The van der Waals surface area contributed by atoms with Crippen molar-refractivity contribution in [3.05, 3.63) is 29.8 Å². The molecule has 0 amide bonds. The molecular formula is C12H14ClNO5S2. The largest absolute Gasteiger partial charge is 0.295 e. The molecule has 1 aliphatic rings. The number of benzene rings is 1. The summed E-state index contributed by atoms with van der Waals surface area (Å²) >= 11 is 5.88. The number of alkyl halides is 1. The summed E-state index contributed by atoms with van der Waals surface area (Å²) in [6.07, 6.45) is 0. The molecule has 0 bridgehead atoms. The van der Waals surface area contributed by atoms with Gasteiger partial charge in [-0.1, -0.05) is 12.1 Å². The minimum atomic E-state index is -3.93. The fraction of sp³-hybridized carbons (Fsp3) is 0.417. The van der Waals surface area contributed by atoms with Crippen LogP contribution >= 0.6 is 11.6 Å². The van der Waals surface area contributed by atoms with Gasteiger partial charge in [-0.15, -0.1) is 11.6 Å². The Kier molecular flexibility index (Phi) is 4.44. The molecular weight excluding hydrogens is 338 g/mol. The molecule has 21 heavy (non-hydrogen) atoms. The van der Waals surface area contributed by atoms with Crippen molar-refractivity contribution in [1.29, 1.82) is 0 Å². The number of nitrogens with one attached hydrogen (secondary N) is 1. The lowest BCUT2D eigenvalue weighted by Gasteiger charge is -2.15. The quantitative estimate of drug-likeness (QED) is 0.632. The first-order chi connectivity index (χ1) is 9.61. The first kappa shape index (κ1) is 16.4. The van der Waals surface area contributed by atoms with E-state index in [1.807, 2.05) is 0 Å². The zero-order valence-electron chi connectivity index (χ0n) is 11.1. The number of ketones is 1. The fourth-order valence-corrected chi connectivity index (χ4v) is 6.11. The van der Waals surface area contributed by atoms with Crippen LogP contribution in [0.3, 0.4) is 0 Å². The monoisotopic (exact) mass is 351 g/mol. The van der Waals surface area contributed by atoms with E-state index in [1.54, 1.807) is 0 Å². The van der Waals surface area contributed by atoms with Crippen LogP contribution in [0.4, 0.5) is 0 Å². The van der Waals surface area contributed by atoms with E-state index < -0.39 is 31.3 Å². The molecule has 2 rings (SSSR count). The van der Waals surface area contributed by atoms with Crippen molar-refractivity contribution in [3.63, 3.8) is 0 Å². The molecule has 1 saturated heterocycles. The van der Waals surface area contributed by atoms with E-state index in [-0.39, 0.29) is 27.7 Å². The van der Waals surface area contributed by atoms with Gasteiger partial charge in [0.25, 0.3) is 0 Å². The highest BCUT2D eigenvalue weighted by Gasteiger charge is 2.38. The molecule has 0 aliphatic carbocycles. The van der Waals surface area contributed by atoms with E-state index in [1.165, 1.54) is 31.2 Å². The number of sulfonamides is 1. The van der Waals surface area contributed by atoms with Crippen LogP contribution in [-0.2, 0) is 19.9 Å². The van der Waals surface area contributed by atoms with Gasteiger partial charge in [-0.25, -0.2) is 21.6 Å². The Morgan fingerprint density at radius 1 is 1.33 bits per heavy atom. The van der Waals surface area contributed by atoms with Crippen LogP contribution in [0.1, 0.15) is 17.3 Å². The van der Waals surface area contributed by atoms with Gasteiger partial charge >= 0.3 is 0 Å². The molecule has 0 aromatic heterocycles. The highest BCUT2D eigenvalue weighted by atomic mass is 35.5. The van der Waals surface area contributed by atoms with Crippen LogP contribution in [-0.4, -0.2) is 45.5 Å². The third-order valence-corrected chi connectivity index (χ3v) is 7.00. The Labute approximate surface area is 128 Å². The summed E-state index contributed by atoms with van der Waals surface area (Å²) in [6.45, 7) is 1.33. The van der Waals surface area contributed by atoms with Crippen LogP contribution in [0.15, 0.2) is 29.2 Å². The van der Waals surface area contributed by atoms with Gasteiger partial charge in [0.1, 0.15) is 0 Å². The number of carbonyl (C=O) groups is 1. The molecule has 2 atom stereocenters. The lowest BCUT2D eigenvalue weighted by atomic mass is 10.2. The molecule has 1 heterocycles. The number of hydrogen-bond donors (Lipinski definition) is 1. The summed E-state index contributed by atoms with van der Waals surface area (Å²) in [5.74, 6) is -0.840. The van der Waals surface area contributed by atoms with Crippen molar-refractivity contribution < 1.29 is 21.6 Å². The molecule has 116 valence electrons. The van der Waals surface area contributed by atoms with Gasteiger partial charge in [0, 0.05) is 5.56 Å². The van der Waals surface area contributed by atoms with Gasteiger partial charge in [0.05, 0.1) is 27.8 Å². The summed E-state index contributed by atoms with van der Waals surface area (Å²) < 4.78 is 49.7. The van der Waals surface area contributed by atoms with Crippen molar-refractivity contribution in [1.82, 2.24) is 4.72 Å². The first-order valence-corrected chi connectivity index (χ1v) is 9.83. The van der Waals surface area contributed by atoms with Gasteiger partial charge in [0.15, 0.2) is 15.6 Å². The van der Waals surface area contributed by atoms with Crippen molar-refractivity contribution in [2.75, 3.05) is 11.5 Å². The molecule has 1 fully saturated rings. The number of hydrogen-bond acceptors (Lipinski definition) is 5. The molecule has 0 spiro atoms. The van der Waals surface area contributed by atoms with E-state index in [4.69, 9.17) is 11.6 Å². The van der Waals surface area contributed by atoms with Gasteiger partial charge < -0.3 is 0 Å². The minimum Gasteiger partial charge on any atom is -0.295 e. The maximum absolute atomic E-state index is 12.2. The summed E-state index contributed by atoms with van der Waals surface area (Å²) in [6, 6.07) is 4.67. The Morgan fingerprint density at radius 3 is 2.52 bits per heavy atom. The second-order valence-electron chi connectivity index (χ2n) is 4.90. The van der Waals surface area contributed by atoms with Crippen LogP contribution in [0.25, 0.3) is 0 Å². The topological polar surface area (TPSA) is 97.4 Å². The van der Waals surface area contributed by atoms with Gasteiger partial charge in [-0.3, -0.25) is 4.79 Å². The lowest BCUT2D eigenvalue weighted by Crippen LogP contribution is -2.40. The standard InChI is InChI=1S/C12H14ClNO5S2/c1-8(15)9-3-2-4-10(5-9)21(18,19)14-12-7-20(16,17)6-11(12)13/h2-5,11-12,14H,6-7H2,1H3. The van der Waals surface area contributed by atoms with Crippen LogP contribution in [0.5, 0.6) is 0 Å². The molecule has 2 unspecified atom stereocenters. The Balaban J connectivity index is 2.27. The first-order valence-electron chi connectivity index (χ1n) is 6.08. The van der Waals surface area contributed by atoms with E-state index in [0.29, 0.717) is 0 Å². The highest BCUT2D eigenvalue weighted by molar-refractivity contribution is 7.92. The summed E-state index contributed by atoms with van der Waals surface area (Å²) in [4.78, 5) is 11.2. The number of sulfone groups is 1. The Bertz CT molecular complexity index is 773. The second-order valence-corrected chi connectivity index (χ2v) is 9.33. The molecule has 1 N–H and O–H groups in total. The average molecular weight is 352 g/mol. The van der Waals surface area contributed by atoms with Crippen molar-refractivity contribution in [2.24, 2.45) is 0 Å². The predicted octanol–water partition coefficient (Wildman–Crippen LogP) is 0.572. The molecule has 0 radical (unpaired) electrons. The van der Waals surface area contributed by atoms with Crippen LogP contribution < -0.4 is 4.72 Å². The normalized spacial score (nSPS) is 24.9. The van der Waals surface area contributed by atoms with Crippen LogP contribution in [0, 0.1) is 0 Å². The van der Waals surface area contributed by atoms with Gasteiger partial charge in [-0.2, -0.15) is 0 Å². The van der Waals surface area contributed by atoms with Gasteiger partial charge in [0.2, 0.25) is 10.0 Å². The number of Topliss-reactive ketones (excluding diaryl/α,β-unsaturated/α-hetero) is 1. The fourth-order valence-electron chi connectivity index (χ4n) is 2.06. The average Bonchev–Trinajstić information content (AvgIpc) is 2.61. The predicted molar refractivity (Wildman–Crippen MR) is 78.9 cm³/mol. The zero-order valence-corrected chi connectivity index (χ0v) is 13.5. The summed E-state index contributed by atoms with van der Waals surface area (Å²) in [5, 5.41) is -0.805. The SMILES string of the molecule is CC(=O)c1cccc(S(=O)(=O)NC2CS(=O)(=O)CC2Cl)c1. The number of carbonyl (C=O) groups excluding carboxylic acids is 1. The molecule has 9 heteroatoms. The third-order valence-electron chi connectivity index (χ3n) is 3.14. The molecule has 6 nitrogen and oxygen atoms in total. The maximum Gasteiger partial charge on any atom is 0.240 e. The van der Waals surface area contributed by atoms with Crippen molar-refractivity contribution in [2.45, 2.75) is 23.2 Å². The Morgan fingerprint density at radius 2 is 2.00 bits per heavy atom. The van der Waals surface area contributed by atoms with Gasteiger partial charge in [-0.05, 0) is 19.1 Å². The second kappa shape index (κ2) is 5.68. The summed E-state index contributed by atoms with van der Waals surface area (Å²) in [7, 11) is -7.27. The molecule has 1 aromatic carbocycles. The molecule has 0 saturated carbocycles. The lowest BCUT2D eigenvalue weighted by molar-refractivity contribution is 0.101. The third kappa shape index (κ3) is 3.82. The van der Waals surface area contributed by atoms with Crippen molar-refractivity contribution >= 4 is 37.2 Å². The van der Waals surface area contributed by atoms with Crippen molar-refractivity contribution in [3.8, 4) is 0 Å². The van der Waals surface area contributed by atoms with Crippen LogP contribution in [0.2, 0.25) is 0 Å². The Hall–Kier alpha value is -0.960. The maximum atomic E-state index is 12.2. The zero-order chi connectivity index (χ0) is 15.8. The highest BCUT2D eigenvalue weighted by Crippen LogP contribution is 2.21. The van der Waals surface area contributed by atoms with E-state index in [9.17, 15) is 21.6 Å². The smallest absolute Gasteiger partial charge is 0.240 e. The van der Waals surface area contributed by atoms with E-state index in [2.05, 4.69) is 4.72 Å². The molecule has 1 aliphatic heterocycles. The summed E-state index contributed by atoms with van der Waals surface area (Å²) in [5.41, 5.74) is 0.263. The van der Waals surface area contributed by atoms with E-state index >= 15 is 0 Å². The molecule has 1 aromatic rings. The number of halogens is 1. The minimum absolute atomic E-state index is 0.0941. The van der Waals surface area contributed by atoms with E-state index in [0.717, 1.165) is 0 Å².